The van der Waals surface area contributed by atoms with Crippen molar-refractivity contribution in [2.45, 2.75) is 84.1 Å². The average Bonchev–Trinajstić information content (AvgIpc) is 3.32. The number of nitrogens with one attached hydrogen (secondary N) is 2. The first kappa shape index (κ1) is 25.1. The van der Waals surface area contributed by atoms with Gasteiger partial charge in [0.1, 0.15) is 5.82 Å². The number of halogens is 1. The van der Waals surface area contributed by atoms with Gasteiger partial charge in [-0.25, -0.2) is 4.98 Å². The number of hydrogen-bond donors (Lipinski definition) is 2. The fourth-order valence-electron chi connectivity index (χ4n) is 5.72. The van der Waals surface area contributed by atoms with Crippen LogP contribution in [0.2, 0.25) is 0 Å². The van der Waals surface area contributed by atoms with Crippen molar-refractivity contribution in [3.8, 4) is 11.3 Å². The van der Waals surface area contributed by atoms with Crippen molar-refractivity contribution in [3.05, 3.63) is 36.3 Å². The molecule has 4 nitrogen and oxygen atoms in total. The maximum Gasteiger partial charge on any atom is 0.123 e. The van der Waals surface area contributed by atoms with Crippen LogP contribution in [0.5, 0.6) is 0 Å². The van der Waals surface area contributed by atoms with Crippen LogP contribution in [0.4, 0.5) is 5.69 Å². The molecule has 5 heteroatoms. The molecule has 4 rings (SSSR count). The summed E-state index contributed by atoms with van der Waals surface area (Å²) in [5.41, 5.74) is 3.66. The zero-order chi connectivity index (χ0) is 21.5. The van der Waals surface area contributed by atoms with E-state index < -0.39 is 0 Å². The van der Waals surface area contributed by atoms with Gasteiger partial charge in [-0.15, -0.1) is 12.4 Å². The SMILES string of the molecule is CCN(CC)c1ccc(-c2cnc([C@@H](NCC3CCCCC3)C3CCCCC3)[nH]2)cc1.Cl. The van der Waals surface area contributed by atoms with Gasteiger partial charge in [-0.3, -0.25) is 0 Å². The molecule has 1 aromatic heterocycles. The number of nitrogens with zero attached hydrogens (tertiary/aromatic N) is 2. The largest absolute Gasteiger partial charge is 0.372 e. The van der Waals surface area contributed by atoms with Gasteiger partial charge in [0.15, 0.2) is 0 Å². The van der Waals surface area contributed by atoms with Crippen molar-refractivity contribution in [3.63, 3.8) is 0 Å². The second-order valence-corrected chi connectivity index (χ2v) is 9.69. The van der Waals surface area contributed by atoms with Crippen LogP contribution in [-0.2, 0) is 0 Å². The summed E-state index contributed by atoms with van der Waals surface area (Å²) < 4.78 is 0. The normalized spacial score (nSPS) is 18.8. The van der Waals surface area contributed by atoms with Crippen LogP contribution in [0, 0.1) is 11.8 Å². The van der Waals surface area contributed by atoms with Gasteiger partial charge in [0.05, 0.1) is 17.9 Å². The molecule has 32 heavy (non-hydrogen) atoms. The Morgan fingerprint density at radius 2 is 1.56 bits per heavy atom. The predicted octanol–water partition coefficient (Wildman–Crippen LogP) is 7.14. The van der Waals surface area contributed by atoms with Crippen LogP contribution < -0.4 is 10.2 Å². The van der Waals surface area contributed by atoms with Crippen molar-refractivity contribution in [2.24, 2.45) is 11.8 Å². The molecule has 2 aromatic rings. The first-order valence-corrected chi connectivity index (χ1v) is 12.9. The molecule has 1 aromatic carbocycles. The minimum atomic E-state index is 0. The maximum atomic E-state index is 4.89. The van der Waals surface area contributed by atoms with Crippen LogP contribution >= 0.6 is 12.4 Å². The highest BCUT2D eigenvalue weighted by molar-refractivity contribution is 5.85. The van der Waals surface area contributed by atoms with Crippen LogP contribution in [0.25, 0.3) is 11.3 Å². The van der Waals surface area contributed by atoms with E-state index in [0.29, 0.717) is 12.0 Å². The minimum Gasteiger partial charge on any atom is -0.372 e. The van der Waals surface area contributed by atoms with Gasteiger partial charge >= 0.3 is 0 Å². The van der Waals surface area contributed by atoms with E-state index in [-0.39, 0.29) is 12.4 Å². The Morgan fingerprint density at radius 3 is 2.19 bits per heavy atom. The van der Waals surface area contributed by atoms with Crippen LogP contribution in [0.1, 0.15) is 89.9 Å². The summed E-state index contributed by atoms with van der Waals surface area (Å²) in [7, 11) is 0. The molecule has 2 aliphatic carbocycles. The molecule has 2 aliphatic rings. The molecule has 2 fully saturated rings. The number of hydrogen-bond acceptors (Lipinski definition) is 3. The van der Waals surface area contributed by atoms with Gasteiger partial charge < -0.3 is 15.2 Å². The molecular formula is C27H43ClN4. The lowest BCUT2D eigenvalue weighted by atomic mass is 9.83. The third-order valence-electron chi connectivity index (χ3n) is 7.67. The zero-order valence-electron chi connectivity index (χ0n) is 20.1. The van der Waals surface area contributed by atoms with E-state index in [1.54, 1.807) is 0 Å². The van der Waals surface area contributed by atoms with Crippen molar-refractivity contribution < 1.29 is 0 Å². The molecule has 0 saturated heterocycles. The van der Waals surface area contributed by atoms with Gasteiger partial charge in [-0.2, -0.15) is 0 Å². The van der Waals surface area contributed by atoms with Gasteiger partial charge in [0, 0.05) is 18.8 Å². The molecule has 178 valence electrons. The summed E-state index contributed by atoms with van der Waals surface area (Å²) in [4.78, 5) is 11.0. The Bertz CT molecular complexity index is 771. The summed E-state index contributed by atoms with van der Waals surface area (Å²) in [6.45, 7) is 7.66. The van der Waals surface area contributed by atoms with E-state index in [4.69, 9.17) is 4.98 Å². The number of rotatable bonds is 9. The van der Waals surface area contributed by atoms with E-state index in [2.05, 4.69) is 53.3 Å². The lowest BCUT2D eigenvalue weighted by Gasteiger charge is -2.32. The zero-order valence-corrected chi connectivity index (χ0v) is 20.9. The Kier molecular flexibility index (Phi) is 9.92. The van der Waals surface area contributed by atoms with E-state index in [1.165, 1.54) is 75.5 Å². The summed E-state index contributed by atoms with van der Waals surface area (Å²) in [6, 6.07) is 9.31. The molecule has 0 amide bonds. The highest BCUT2D eigenvalue weighted by atomic mass is 35.5. The van der Waals surface area contributed by atoms with E-state index in [0.717, 1.165) is 37.1 Å². The fraction of sp³-hybridized carbons (Fsp3) is 0.667. The Morgan fingerprint density at radius 1 is 0.938 bits per heavy atom. The molecule has 0 bridgehead atoms. The number of H-pyrrole nitrogens is 1. The second kappa shape index (κ2) is 12.6. The third-order valence-corrected chi connectivity index (χ3v) is 7.67. The molecule has 1 atom stereocenters. The molecular weight excluding hydrogens is 416 g/mol. The monoisotopic (exact) mass is 458 g/mol. The average molecular weight is 459 g/mol. The van der Waals surface area contributed by atoms with E-state index in [1.807, 2.05) is 6.20 Å². The maximum absolute atomic E-state index is 4.89. The molecule has 0 aliphatic heterocycles. The highest BCUT2D eigenvalue weighted by Crippen LogP contribution is 2.35. The molecule has 2 saturated carbocycles. The minimum absolute atomic E-state index is 0. The smallest absolute Gasteiger partial charge is 0.123 e. The lowest BCUT2D eigenvalue weighted by Crippen LogP contribution is -2.34. The van der Waals surface area contributed by atoms with Gasteiger partial charge in [0.2, 0.25) is 0 Å². The molecule has 0 radical (unpaired) electrons. The van der Waals surface area contributed by atoms with Crippen molar-refractivity contribution in [1.29, 1.82) is 0 Å². The second-order valence-electron chi connectivity index (χ2n) is 9.69. The molecule has 0 spiro atoms. The van der Waals surface area contributed by atoms with Gasteiger partial charge in [-0.05, 0) is 75.6 Å². The first-order valence-electron chi connectivity index (χ1n) is 12.9. The predicted molar refractivity (Wildman–Crippen MR) is 139 cm³/mol. The molecule has 2 N–H and O–H groups in total. The van der Waals surface area contributed by atoms with E-state index in [9.17, 15) is 0 Å². The summed E-state index contributed by atoms with van der Waals surface area (Å²) in [5.74, 6) is 2.70. The van der Waals surface area contributed by atoms with E-state index >= 15 is 0 Å². The quantitative estimate of drug-likeness (QED) is 0.419. The number of aromatic nitrogens is 2. The third kappa shape index (κ3) is 6.29. The summed E-state index contributed by atoms with van der Waals surface area (Å²) >= 11 is 0. The number of anilines is 1. The Balaban J connectivity index is 0.00000289. The lowest BCUT2D eigenvalue weighted by molar-refractivity contribution is 0.242. The van der Waals surface area contributed by atoms with Crippen LogP contribution in [0.3, 0.4) is 0 Å². The molecule has 1 heterocycles. The van der Waals surface area contributed by atoms with Crippen molar-refractivity contribution in [2.75, 3.05) is 24.5 Å². The Labute approximate surface area is 201 Å². The highest BCUT2D eigenvalue weighted by Gasteiger charge is 2.28. The van der Waals surface area contributed by atoms with Crippen LogP contribution in [0.15, 0.2) is 30.5 Å². The van der Waals surface area contributed by atoms with Gasteiger partial charge in [-0.1, -0.05) is 50.7 Å². The van der Waals surface area contributed by atoms with Crippen LogP contribution in [-0.4, -0.2) is 29.6 Å². The number of imidazole rings is 1. The Hall–Kier alpha value is -1.52. The molecule has 0 unspecified atom stereocenters. The fourth-order valence-corrected chi connectivity index (χ4v) is 5.72. The van der Waals surface area contributed by atoms with Gasteiger partial charge in [0.25, 0.3) is 0 Å². The van der Waals surface area contributed by atoms with Crippen molar-refractivity contribution >= 4 is 18.1 Å². The standard InChI is InChI=1S/C27H42N4.ClH/c1-3-31(4-2)24-17-15-22(16-18-24)25-20-29-27(30-25)26(23-13-9-6-10-14-23)28-19-21-11-7-5-8-12-21;/h15-18,20-21,23,26,28H,3-14,19H2,1-2H3,(H,29,30);1H/t26-;/m0./s1. The first-order chi connectivity index (χ1) is 15.3. The summed E-state index contributed by atoms with van der Waals surface area (Å²) in [6.07, 6.45) is 15.9. The topological polar surface area (TPSA) is 44.0 Å². The van der Waals surface area contributed by atoms with Crippen molar-refractivity contribution in [1.82, 2.24) is 15.3 Å². The number of aromatic amines is 1. The summed E-state index contributed by atoms with van der Waals surface area (Å²) in [5, 5.41) is 3.98. The number of benzene rings is 1.